The Morgan fingerprint density at radius 2 is 1.95 bits per heavy atom. The highest BCUT2D eigenvalue weighted by molar-refractivity contribution is 5.84. The van der Waals surface area contributed by atoms with Crippen molar-refractivity contribution in [1.82, 2.24) is 5.32 Å². The maximum atomic E-state index is 12.8. The Kier molecular flexibility index (Phi) is 4.75. The largest absolute Gasteiger partial charge is 0.394 e. The average molecular weight is 281 g/mol. The van der Waals surface area contributed by atoms with E-state index in [2.05, 4.69) is 32.7 Å². The van der Waals surface area contributed by atoms with Crippen molar-refractivity contribution in [2.24, 2.45) is 16.7 Å². The summed E-state index contributed by atoms with van der Waals surface area (Å²) in [6, 6.07) is 0. The van der Waals surface area contributed by atoms with Crippen molar-refractivity contribution in [3.05, 3.63) is 12.2 Å². The Balaban J connectivity index is 3.05. The summed E-state index contributed by atoms with van der Waals surface area (Å²) in [6.07, 6.45) is 2.98. The van der Waals surface area contributed by atoms with Gasteiger partial charge in [0, 0.05) is 0 Å². The van der Waals surface area contributed by atoms with Crippen molar-refractivity contribution >= 4 is 5.91 Å². The van der Waals surface area contributed by atoms with E-state index in [1.807, 2.05) is 20.8 Å². The fourth-order valence-corrected chi connectivity index (χ4v) is 3.58. The van der Waals surface area contributed by atoms with Gasteiger partial charge in [-0.05, 0) is 51.4 Å². The quantitative estimate of drug-likeness (QED) is 0.777. The van der Waals surface area contributed by atoms with Crippen LogP contribution in [-0.2, 0) is 4.79 Å². The van der Waals surface area contributed by atoms with Crippen molar-refractivity contribution in [3.63, 3.8) is 0 Å². The number of hydrogen-bond donors (Lipinski definition) is 2. The van der Waals surface area contributed by atoms with E-state index in [-0.39, 0.29) is 23.8 Å². The Bertz CT molecular complexity index is 398. The highest BCUT2D eigenvalue weighted by Gasteiger charge is 2.49. The molecular weight excluding hydrogens is 250 g/mol. The van der Waals surface area contributed by atoms with E-state index >= 15 is 0 Å². The molecule has 0 aromatic heterocycles. The number of aliphatic hydroxyl groups excluding tert-OH is 1. The topological polar surface area (TPSA) is 49.3 Å². The zero-order valence-electron chi connectivity index (χ0n) is 14.0. The minimum absolute atomic E-state index is 0.0392. The van der Waals surface area contributed by atoms with Crippen LogP contribution in [0.4, 0.5) is 0 Å². The molecule has 1 aliphatic carbocycles. The van der Waals surface area contributed by atoms with Gasteiger partial charge in [-0.3, -0.25) is 4.79 Å². The molecule has 2 atom stereocenters. The second-order valence-electron chi connectivity index (χ2n) is 8.19. The molecule has 20 heavy (non-hydrogen) atoms. The van der Waals surface area contributed by atoms with Gasteiger partial charge in [-0.1, -0.05) is 32.9 Å². The van der Waals surface area contributed by atoms with Crippen LogP contribution in [-0.4, -0.2) is 23.2 Å². The second-order valence-corrected chi connectivity index (χ2v) is 8.19. The Morgan fingerprint density at radius 1 is 1.40 bits per heavy atom. The first-order valence-electron chi connectivity index (χ1n) is 7.52. The summed E-state index contributed by atoms with van der Waals surface area (Å²) in [7, 11) is 0. The molecule has 1 unspecified atom stereocenters. The molecule has 1 saturated carbocycles. The van der Waals surface area contributed by atoms with E-state index in [1.54, 1.807) is 0 Å². The molecule has 3 nitrogen and oxygen atoms in total. The lowest BCUT2D eigenvalue weighted by Gasteiger charge is -2.48. The van der Waals surface area contributed by atoms with E-state index in [9.17, 15) is 9.90 Å². The fourth-order valence-electron chi connectivity index (χ4n) is 3.58. The molecule has 0 spiro atoms. The molecule has 116 valence electrons. The number of hydrogen-bond acceptors (Lipinski definition) is 2. The maximum absolute atomic E-state index is 12.8. The Labute approximate surface area is 123 Å². The molecule has 0 saturated heterocycles. The Morgan fingerprint density at radius 3 is 2.40 bits per heavy atom. The van der Waals surface area contributed by atoms with Gasteiger partial charge >= 0.3 is 0 Å². The molecule has 0 aromatic carbocycles. The molecule has 1 rings (SSSR count). The number of carbonyl (C=O) groups excluding carboxylic acids is 1. The lowest BCUT2D eigenvalue weighted by molar-refractivity contribution is -0.139. The SMILES string of the molecule is C=C(C)C1CCC(C)(C)C[C@]1(C)C(=O)NC(C)(C)CO. The van der Waals surface area contributed by atoms with Gasteiger partial charge < -0.3 is 10.4 Å². The van der Waals surface area contributed by atoms with Crippen molar-refractivity contribution in [2.75, 3.05) is 6.61 Å². The van der Waals surface area contributed by atoms with Gasteiger partial charge in [-0.2, -0.15) is 0 Å². The van der Waals surface area contributed by atoms with Gasteiger partial charge in [0.05, 0.1) is 17.6 Å². The number of carbonyl (C=O) groups is 1. The molecule has 0 aliphatic heterocycles. The van der Waals surface area contributed by atoms with E-state index < -0.39 is 11.0 Å². The van der Waals surface area contributed by atoms with Crippen LogP contribution in [0, 0.1) is 16.7 Å². The molecule has 2 N–H and O–H groups in total. The summed E-state index contributed by atoms with van der Waals surface area (Å²) in [5.74, 6) is 0.252. The number of allylic oxidation sites excluding steroid dienone is 1. The van der Waals surface area contributed by atoms with Crippen LogP contribution in [0.1, 0.15) is 60.8 Å². The van der Waals surface area contributed by atoms with Crippen LogP contribution in [0.25, 0.3) is 0 Å². The van der Waals surface area contributed by atoms with Crippen molar-refractivity contribution in [2.45, 2.75) is 66.3 Å². The molecule has 1 amide bonds. The first-order chi connectivity index (χ1) is 8.93. The van der Waals surface area contributed by atoms with E-state index in [1.165, 1.54) is 0 Å². The monoisotopic (exact) mass is 281 g/mol. The fraction of sp³-hybridized carbons (Fsp3) is 0.824. The van der Waals surface area contributed by atoms with Crippen LogP contribution >= 0.6 is 0 Å². The molecule has 0 heterocycles. The lowest BCUT2D eigenvalue weighted by atomic mass is 9.57. The molecule has 0 bridgehead atoms. The minimum atomic E-state index is -0.582. The lowest BCUT2D eigenvalue weighted by Crippen LogP contribution is -2.56. The van der Waals surface area contributed by atoms with Crippen LogP contribution in [0.5, 0.6) is 0 Å². The van der Waals surface area contributed by atoms with E-state index in [0.717, 1.165) is 24.8 Å². The molecule has 1 aliphatic rings. The Hall–Kier alpha value is -0.830. The predicted octanol–water partition coefficient (Wildman–Crippen LogP) is 3.28. The number of nitrogens with one attached hydrogen (secondary N) is 1. The highest BCUT2D eigenvalue weighted by atomic mass is 16.3. The number of rotatable bonds is 4. The molecule has 1 fully saturated rings. The third kappa shape index (κ3) is 3.63. The minimum Gasteiger partial charge on any atom is -0.394 e. The zero-order valence-corrected chi connectivity index (χ0v) is 14.0. The highest BCUT2D eigenvalue weighted by Crippen LogP contribution is 2.51. The summed E-state index contributed by atoms with van der Waals surface area (Å²) in [6.45, 7) is 16.2. The van der Waals surface area contributed by atoms with Gasteiger partial charge in [0.25, 0.3) is 0 Å². The molecular formula is C17H31NO2. The summed E-state index contributed by atoms with van der Waals surface area (Å²) < 4.78 is 0. The van der Waals surface area contributed by atoms with Crippen molar-refractivity contribution < 1.29 is 9.90 Å². The standard InChI is InChI=1S/C17H31NO2/c1-12(2)13-8-9-15(3,4)10-17(13,7)14(20)18-16(5,6)11-19/h13,19H,1,8-11H2,2-7H3,(H,18,20)/t13?,17-/m0/s1. The smallest absolute Gasteiger partial charge is 0.227 e. The third-order valence-electron chi connectivity index (χ3n) is 4.69. The third-order valence-corrected chi connectivity index (χ3v) is 4.69. The summed E-state index contributed by atoms with van der Waals surface area (Å²) in [5, 5.41) is 12.4. The molecule has 0 radical (unpaired) electrons. The van der Waals surface area contributed by atoms with Crippen LogP contribution in [0.2, 0.25) is 0 Å². The van der Waals surface area contributed by atoms with Gasteiger partial charge in [0.1, 0.15) is 0 Å². The van der Waals surface area contributed by atoms with Crippen LogP contribution in [0.15, 0.2) is 12.2 Å². The van der Waals surface area contributed by atoms with Gasteiger partial charge in [0.2, 0.25) is 5.91 Å². The summed E-state index contributed by atoms with van der Waals surface area (Å²) in [5.41, 5.74) is 0.225. The second kappa shape index (κ2) is 5.51. The van der Waals surface area contributed by atoms with Gasteiger partial charge in [-0.15, -0.1) is 0 Å². The van der Waals surface area contributed by atoms with Crippen molar-refractivity contribution in [3.8, 4) is 0 Å². The normalized spacial score (nSPS) is 29.9. The van der Waals surface area contributed by atoms with E-state index in [0.29, 0.717) is 0 Å². The molecule has 3 heteroatoms. The summed E-state index contributed by atoms with van der Waals surface area (Å²) in [4.78, 5) is 12.8. The summed E-state index contributed by atoms with van der Waals surface area (Å²) >= 11 is 0. The maximum Gasteiger partial charge on any atom is 0.227 e. The number of amides is 1. The predicted molar refractivity (Wildman–Crippen MR) is 83.4 cm³/mol. The number of aliphatic hydroxyl groups is 1. The first kappa shape index (κ1) is 17.2. The first-order valence-corrected chi connectivity index (χ1v) is 7.52. The van der Waals surface area contributed by atoms with Crippen molar-refractivity contribution in [1.29, 1.82) is 0 Å². The van der Waals surface area contributed by atoms with Crippen LogP contribution < -0.4 is 5.32 Å². The van der Waals surface area contributed by atoms with E-state index in [4.69, 9.17) is 0 Å². The molecule has 0 aromatic rings. The zero-order chi connectivity index (χ0) is 15.8. The average Bonchev–Trinajstić information content (AvgIpc) is 2.26. The van der Waals surface area contributed by atoms with Gasteiger partial charge in [0.15, 0.2) is 0 Å². The van der Waals surface area contributed by atoms with Gasteiger partial charge in [-0.25, -0.2) is 0 Å². The van der Waals surface area contributed by atoms with Crippen LogP contribution in [0.3, 0.4) is 0 Å².